The Kier molecular flexibility index (Phi) is 6.73. The molecule has 0 saturated carbocycles. The lowest BCUT2D eigenvalue weighted by atomic mass is 9.99. The van der Waals surface area contributed by atoms with E-state index < -0.39 is 15.9 Å². The third kappa shape index (κ3) is 4.98. The molecular weight excluding hydrogens is 406 g/mol. The monoisotopic (exact) mass is 431 g/mol. The molecule has 8 nitrogen and oxygen atoms in total. The highest BCUT2D eigenvalue weighted by molar-refractivity contribution is 7.89. The van der Waals surface area contributed by atoms with Gasteiger partial charge < -0.3 is 9.84 Å². The maximum atomic E-state index is 12.9. The molecule has 1 amide bonds. The largest absolute Gasteiger partial charge is 0.504 e. The molecule has 0 unspecified atom stereocenters. The Hall–Kier alpha value is -2.91. The van der Waals surface area contributed by atoms with E-state index in [4.69, 9.17) is 4.74 Å². The number of phenols is 1. The summed E-state index contributed by atoms with van der Waals surface area (Å²) >= 11 is 0. The first-order chi connectivity index (χ1) is 14.3. The molecule has 0 aromatic heterocycles. The molecule has 1 saturated heterocycles. The maximum absolute atomic E-state index is 12.9. The number of piperidine rings is 1. The topological polar surface area (TPSA) is 108 Å². The van der Waals surface area contributed by atoms with Gasteiger partial charge in [-0.2, -0.15) is 9.41 Å². The van der Waals surface area contributed by atoms with Gasteiger partial charge in [0.05, 0.1) is 24.1 Å². The minimum absolute atomic E-state index is 0.00997. The number of methoxy groups -OCH3 is 1. The van der Waals surface area contributed by atoms with E-state index in [-0.39, 0.29) is 23.1 Å². The van der Waals surface area contributed by atoms with Crippen LogP contribution < -0.4 is 10.2 Å². The van der Waals surface area contributed by atoms with Crippen LogP contribution in [-0.2, 0) is 14.8 Å². The average molecular weight is 432 g/mol. The summed E-state index contributed by atoms with van der Waals surface area (Å²) in [5, 5.41) is 13.6. The molecule has 2 aromatic carbocycles. The van der Waals surface area contributed by atoms with Crippen LogP contribution in [0.2, 0.25) is 0 Å². The molecule has 160 valence electrons. The summed E-state index contributed by atoms with van der Waals surface area (Å²) in [5.41, 5.74) is 4.09. The van der Waals surface area contributed by atoms with Gasteiger partial charge in [0.15, 0.2) is 11.5 Å². The Morgan fingerprint density at radius 3 is 2.70 bits per heavy atom. The van der Waals surface area contributed by atoms with Crippen molar-refractivity contribution >= 4 is 22.1 Å². The van der Waals surface area contributed by atoms with Gasteiger partial charge >= 0.3 is 0 Å². The molecule has 1 aliphatic heterocycles. The van der Waals surface area contributed by atoms with Crippen LogP contribution in [0.15, 0.2) is 52.5 Å². The lowest BCUT2D eigenvalue weighted by molar-refractivity contribution is -0.126. The molecule has 9 heteroatoms. The van der Waals surface area contributed by atoms with Gasteiger partial charge in [-0.05, 0) is 55.7 Å². The fourth-order valence-electron chi connectivity index (χ4n) is 3.27. The Morgan fingerprint density at radius 2 is 2.00 bits per heavy atom. The zero-order chi connectivity index (χ0) is 21.7. The summed E-state index contributed by atoms with van der Waals surface area (Å²) < 4.78 is 32.2. The third-order valence-electron chi connectivity index (χ3n) is 5.01. The predicted octanol–water partition coefficient (Wildman–Crippen LogP) is 2.26. The number of hydrogen-bond acceptors (Lipinski definition) is 6. The SMILES string of the molecule is COc1cc(/C=N/NC(=O)[C@@H]2CCCN(S(=O)(=O)c3ccc(C)cc3)C2)ccc1O. The van der Waals surface area contributed by atoms with E-state index in [0.29, 0.717) is 30.7 Å². The van der Waals surface area contributed by atoms with Crippen molar-refractivity contribution in [1.29, 1.82) is 0 Å². The minimum atomic E-state index is -3.64. The van der Waals surface area contributed by atoms with E-state index >= 15 is 0 Å². The molecular formula is C21H25N3O5S. The smallest absolute Gasteiger partial charge is 0.244 e. The molecule has 1 fully saturated rings. The predicted molar refractivity (Wildman–Crippen MR) is 113 cm³/mol. The molecule has 0 aliphatic carbocycles. The number of benzene rings is 2. The number of sulfonamides is 1. The van der Waals surface area contributed by atoms with Crippen molar-refractivity contribution in [2.24, 2.45) is 11.0 Å². The van der Waals surface area contributed by atoms with Crippen molar-refractivity contribution in [2.75, 3.05) is 20.2 Å². The molecule has 3 rings (SSSR count). The van der Waals surface area contributed by atoms with Gasteiger partial charge in [0.1, 0.15) is 0 Å². The van der Waals surface area contributed by atoms with Crippen molar-refractivity contribution in [2.45, 2.75) is 24.7 Å². The summed E-state index contributed by atoms with van der Waals surface area (Å²) in [5.74, 6) is -0.503. The summed E-state index contributed by atoms with van der Waals surface area (Å²) in [6, 6.07) is 11.4. The fourth-order valence-corrected chi connectivity index (χ4v) is 4.79. The number of aromatic hydroxyl groups is 1. The van der Waals surface area contributed by atoms with Crippen LogP contribution in [-0.4, -0.2) is 50.2 Å². The number of hydrazone groups is 1. The number of ether oxygens (including phenoxy) is 1. The zero-order valence-electron chi connectivity index (χ0n) is 16.9. The van der Waals surface area contributed by atoms with Gasteiger partial charge in [0, 0.05) is 13.1 Å². The van der Waals surface area contributed by atoms with Gasteiger partial charge in [-0.1, -0.05) is 17.7 Å². The number of phenolic OH excluding ortho intramolecular Hbond substituents is 1. The molecule has 0 spiro atoms. The quantitative estimate of drug-likeness (QED) is 0.539. The lowest BCUT2D eigenvalue weighted by Gasteiger charge is -2.30. The number of nitrogens with zero attached hydrogens (tertiary/aromatic N) is 2. The van der Waals surface area contributed by atoms with Gasteiger partial charge in [-0.25, -0.2) is 13.8 Å². The molecule has 0 bridgehead atoms. The van der Waals surface area contributed by atoms with Crippen LogP contribution in [0, 0.1) is 12.8 Å². The minimum Gasteiger partial charge on any atom is -0.504 e. The van der Waals surface area contributed by atoms with Crippen molar-refractivity contribution < 1.29 is 23.1 Å². The first kappa shape index (κ1) is 21.8. The molecule has 2 aromatic rings. The molecule has 1 heterocycles. The van der Waals surface area contributed by atoms with Gasteiger partial charge in [-0.15, -0.1) is 0 Å². The maximum Gasteiger partial charge on any atom is 0.244 e. The van der Waals surface area contributed by atoms with Gasteiger partial charge in [-0.3, -0.25) is 4.79 Å². The Balaban J connectivity index is 1.63. The normalized spacial score (nSPS) is 17.7. The van der Waals surface area contributed by atoms with Crippen molar-refractivity contribution in [3.8, 4) is 11.5 Å². The van der Waals surface area contributed by atoms with E-state index in [9.17, 15) is 18.3 Å². The second kappa shape index (κ2) is 9.27. The number of rotatable bonds is 6. The second-order valence-electron chi connectivity index (χ2n) is 7.18. The van der Waals surface area contributed by atoms with Gasteiger partial charge in [0.2, 0.25) is 15.9 Å². The van der Waals surface area contributed by atoms with Crippen LogP contribution in [0.4, 0.5) is 0 Å². The van der Waals surface area contributed by atoms with E-state index in [2.05, 4.69) is 10.5 Å². The molecule has 1 aliphatic rings. The number of carbonyl (C=O) groups is 1. The molecule has 30 heavy (non-hydrogen) atoms. The molecule has 1 atom stereocenters. The van der Waals surface area contributed by atoms with Gasteiger partial charge in [0.25, 0.3) is 0 Å². The number of amides is 1. The van der Waals surface area contributed by atoms with Crippen LogP contribution in [0.1, 0.15) is 24.0 Å². The zero-order valence-corrected chi connectivity index (χ0v) is 17.7. The second-order valence-corrected chi connectivity index (χ2v) is 9.12. The average Bonchev–Trinajstić information content (AvgIpc) is 2.75. The van der Waals surface area contributed by atoms with Crippen LogP contribution >= 0.6 is 0 Å². The van der Waals surface area contributed by atoms with E-state index in [1.807, 2.05) is 6.92 Å². The van der Waals surface area contributed by atoms with Crippen LogP contribution in [0.5, 0.6) is 11.5 Å². The molecule has 2 N–H and O–H groups in total. The highest BCUT2D eigenvalue weighted by Gasteiger charge is 2.33. The molecule has 0 radical (unpaired) electrons. The Morgan fingerprint density at radius 1 is 1.27 bits per heavy atom. The first-order valence-electron chi connectivity index (χ1n) is 9.58. The summed E-state index contributed by atoms with van der Waals surface area (Å²) in [6.45, 7) is 2.40. The Bertz CT molecular complexity index is 1040. The number of hydrogen-bond donors (Lipinski definition) is 2. The highest BCUT2D eigenvalue weighted by atomic mass is 32.2. The number of carbonyl (C=O) groups excluding carboxylic acids is 1. The van der Waals surface area contributed by atoms with E-state index in [1.54, 1.807) is 36.4 Å². The van der Waals surface area contributed by atoms with Crippen molar-refractivity contribution in [3.05, 3.63) is 53.6 Å². The number of nitrogens with one attached hydrogen (secondary N) is 1. The highest BCUT2D eigenvalue weighted by Crippen LogP contribution is 2.26. The van der Waals surface area contributed by atoms with Crippen LogP contribution in [0.25, 0.3) is 0 Å². The van der Waals surface area contributed by atoms with Crippen LogP contribution in [0.3, 0.4) is 0 Å². The number of aryl methyl sites for hydroxylation is 1. The van der Waals surface area contributed by atoms with Crippen molar-refractivity contribution in [1.82, 2.24) is 9.73 Å². The third-order valence-corrected chi connectivity index (χ3v) is 6.89. The van der Waals surface area contributed by atoms with E-state index in [1.165, 1.54) is 23.7 Å². The van der Waals surface area contributed by atoms with E-state index in [0.717, 1.165) is 5.56 Å². The summed E-state index contributed by atoms with van der Waals surface area (Å²) in [6.07, 6.45) is 2.62. The van der Waals surface area contributed by atoms with Crippen molar-refractivity contribution in [3.63, 3.8) is 0 Å². The summed E-state index contributed by atoms with van der Waals surface area (Å²) in [4.78, 5) is 12.7. The fraction of sp³-hybridized carbons (Fsp3) is 0.333. The standard InChI is InChI=1S/C21H25N3O5S/c1-15-5-8-18(9-6-15)30(27,28)24-11-3-4-17(14-24)21(26)23-22-13-16-7-10-19(25)20(12-16)29-2/h5-10,12-13,17,25H,3-4,11,14H2,1-2H3,(H,23,26)/b22-13+/t17-/m1/s1. The lowest BCUT2D eigenvalue weighted by Crippen LogP contribution is -2.44. The summed E-state index contributed by atoms with van der Waals surface area (Å²) in [7, 11) is -2.20. The first-order valence-corrected chi connectivity index (χ1v) is 11.0. The Labute approximate surface area is 176 Å².